The summed E-state index contributed by atoms with van der Waals surface area (Å²) in [5.74, 6) is 1.21. The molecule has 2 aromatic carbocycles. The van der Waals surface area contributed by atoms with E-state index in [9.17, 15) is 4.79 Å². The topological polar surface area (TPSA) is 55.9 Å². The Morgan fingerprint density at radius 2 is 1.86 bits per heavy atom. The molecule has 3 rings (SSSR count). The molecule has 146 valence electrons. The number of rotatable bonds is 8. The Labute approximate surface area is 169 Å². The molecule has 0 aliphatic rings. The van der Waals surface area contributed by atoms with Crippen molar-refractivity contribution in [2.75, 3.05) is 20.6 Å². The maximum absolute atomic E-state index is 12.8. The molecule has 0 unspecified atom stereocenters. The highest BCUT2D eigenvalue weighted by Crippen LogP contribution is 2.20. The van der Waals surface area contributed by atoms with Crippen molar-refractivity contribution in [1.82, 2.24) is 5.32 Å². The molecule has 1 aromatic heterocycles. The minimum atomic E-state index is -0.176. The predicted octanol–water partition coefficient (Wildman–Crippen LogP) is 3.13. The number of likely N-dealkylation sites (N-methyl/N-ethyl adjacent to an activating group) is 1. The first-order valence-electron chi connectivity index (χ1n) is 9.12. The van der Waals surface area contributed by atoms with Gasteiger partial charge in [0.25, 0.3) is 5.91 Å². The Kier molecular flexibility index (Phi) is 6.74. The Hall–Kier alpha value is -2.76. The van der Waals surface area contributed by atoms with E-state index in [0.29, 0.717) is 29.5 Å². The number of furan rings is 1. The Balaban J connectivity index is 1.65. The second-order valence-electron chi connectivity index (χ2n) is 6.77. The average Bonchev–Trinajstić information content (AvgIpc) is 3.22. The molecule has 2 N–H and O–H groups in total. The summed E-state index contributed by atoms with van der Waals surface area (Å²) >= 11 is 5.91. The second-order valence-corrected chi connectivity index (χ2v) is 7.20. The van der Waals surface area contributed by atoms with Crippen molar-refractivity contribution in [2.45, 2.75) is 12.6 Å². The first-order valence-corrected chi connectivity index (χ1v) is 9.50. The summed E-state index contributed by atoms with van der Waals surface area (Å²) in [7, 11) is 4.06. The lowest BCUT2D eigenvalue weighted by Crippen LogP contribution is -3.07. The number of hydrogen-bond acceptors (Lipinski definition) is 3. The zero-order valence-electron chi connectivity index (χ0n) is 15.9. The third-order valence-corrected chi connectivity index (χ3v) is 4.74. The molecule has 0 bridgehead atoms. The molecule has 5 nitrogen and oxygen atoms in total. The number of ether oxygens (including phenoxy) is 1. The first-order chi connectivity index (χ1) is 13.5. The summed E-state index contributed by atoms with van der Waals surface area (Å²) in [6, 6.07) is 18.5. The lowest BCUT2D eigenvalue weighted by atomic mass is 10.1. The van der Waals surface area contributed by atoms with E-state index in [1.807, 2.05) is 62.6 Å². The highest BCUT2D eigenvalue weighted by Gasteiger charge is 2.22. The monoisotopic (exact) mass is 399 g/mol. The lowest BCUT2D eigenvalue weighted by molar-refractivity contribution is -0.891. The minimum absolute atomic E-state index is 0.0288. The standard InChI is InChI=1S/C22H23ClN2O3/c1-25(2)19(21-8-5-13-27-21)14-24-22(26)18-6-3-4-7-20(18)28-15-16-9-11-17(23)12-10-16/h3-13,19H,14-15H2,1-2H3,(H,24,26)/p+1/t19-/m0/s1. The number of para-hydroxylation sites is 1. The van der Waals surface area contributed by atoms with Crippen LogP contribution in [0.3, 0.4) is 0 Å². The molecule has 1 amide bonds. The van der Waals surface area contributed by atoms with Crippen LogP contribution in [-0.4, -0.2) is 26.5 Å². The van der Waals surface area contributed by atoms with Crippen LogP contribution in [0.15, 0.2) is 71.3 Å². The summed E-state index contributed by atoms with van der Waals surface area (Å²) < 4.78 is 11.4. The van der Waals surface area contributed by atoms with E-state index in [4.69, 9.17) is 20.8 Å². The number of hydrogen-bond donors (Lipinski definition) is 2. The summed E-state index contributed by atoms with van der Waals surface area (Å²) in [6.45, 7) is 0.818. The third kappa shape index (κ3) is 5.15. The number of nitrogens with one attached hydrogen (secondary N) is 2. The molecule has 1 heterocycles. The zero-order chi connectivity index (χ0) is 19.9. The fraction of sp³-hybridized carbons (Fsp3) is 0.227. The maximum Gasteiger partial charge on any atom is 0.255 e. The number of carbonyl (C=O) groups excluding carboxylic acids is 1. The molecule has 0 saturated heterocycles. The Morgan fingerprint density at radius 3 is 2.54 bits per heavy atom. The van der Waals surface area contributed by atoms with Gasteiger partial charge in [-0.3, -0.25) is 4.79 Å². The summed E-state index contributed by atoms with van der Waals surface area (Å²) in [4.78, 5) is 13.9. The van der Waals surface area contributed by atoms with Crippen LogP contribution >= 0.6 is 11.6 Å². The largest absolute Gasteiger partial charge is 0.488 e. The van der Waals surface area contributed by atoms with Gasteiger partial charge in [0.15, 0.2) is 11.8 Å². The van der Waals surface area contributed by atoms with Crippen LogP contribution in [0.2, 0.25) is 5.02 Å². The van der Waals surface area contributed by atoms with Crippen molar-refractivity contribution < 1.29 is 18.8 Å². The SMILES string of the molecule is C[NH+](C)[C@@H](CNC(=O)c1ccccc1OCc1ccc(Cl)cc1)c1ccco1. The number of quaternary nitrogens is 1. The number of halogens is 1. The van der Waals surface area contributed by atoms with Crippen molar-refractivity contribution in [3.8, 4) is 5.75 Å². The van der Waals surface area contributed by atoms with Crippen molar-refractivity contribution in [2.24, 2.45) is 0 Å². The highest BCUT2D eigenvalue weighted by molar-refractivity contribution is 6.30. The Bertz CT molecular complexity index is 892. The summed E-state index contributed by atoms with van der Waals surface area (Å²) in [5.41, 5.74) is 1.48. The highest BCUT2D eigenvalue weighted by atomic mass is 35.5. The molecule has 0 aliphatic carbocycles. The molecule has 6 heteroatoms. The fourth-order valence-corrected chi connectivity index (χ4v) is 3.02. The smallest absolute Gasteiger partial charge is 0.255 e. The van der Waals surface area contributed by atoms with Crippen molar-refractivity contribution in [3.63, 3.8) is 0 Å². The van der Waals surface area contributed by atoms with E-state index in [2.05, 4.69) is 5.32 Å². The summed E-state index contributed by atoms with van der Waals surface area (Å²) in [5, 5.41) is 3.68. The summed E-state index contributed by atoms with van der Waals surface area (Å²) in [6.07, 6.45) is 1.65. The molecular weight excluding hydrogens is 376 g/mol. The van der Waals surface area contributed by atoms with E-state index in [1.54, 1.807) is 18.4 Å². The molecule has 0 saturated carbocycles. The zero-order valence-corrected chi connectivity index (χ0v) is 16.7. The van der Waals surface area contributed by atoms with Gasteiger partial charge in [-0.05, 0) is 42.0 Å². The van der Waals surface area contributed by atoms with Crippen LogP contribution in [-0.2, 0) is 6.61 Å². The predicted molar refractivity (Wildman–Crippen MR) is 109 cm³/mol. The number of amides is 1. The average molecular weight is 400 g/mol. The second kappa shape index (κ2) is 9.44. The van der Waals surface area contributed by atoms with Gasteiger partial charge in [0.05, 0.1) is 32.5 Å². The van der Waals surface area contributed by atoms with Gasteiger partial charge in [-0.25, -0.2) is 0 Å². The van der Waals surface area contributed by atoms with Crippen LogP contribution in [0.4, 0.5) is 0 Å². The van der Waals surface area contributed by atoms with Gasteiger partial charge < -0.3 is 19.4 Å². The van der Waals surface area contributed by atoms with Crippen LogP contribution in [0.25, 0.3) is 0 Å². The van der Waals surface area contributed by atoms with E-state index in [-0.39, 0.29) is 11.9 Å². The lowest BCUT2D eigenvalue weighted by Gasteiger charge is -2.20. The molecular formula is C22H24ClN2O3+. The van der Waals surface area contributed by atoms with Crippen LogP contribution in [0, 0.1) is 0 Å². The van der Waals surface area contributed by atoms with Crippen LogP contribution < -0.4 is 15.0 Å². The normalized spacial score (nSPS) is 12.0. The van der Waals surface area contributed by atoms with Gasteiger partial charge in [-0.15, -0.1) is 0 Å². The third-order valence-electron chi connectivity index (χ3n) is 4.49. The van der Waals surface area contributed by atoms with Crippen molar-refractivity contribution in [3.05, 3.63) is 88.8 Å². The van der Waals surface area contributed by atoms with Gasteiger partial charge >= 0.3 is 0 Å². The van der Waals surface area contributed by atoms with E-state index in [0.717, 1.165) is 11.3 Å². The van der Waals surface area contributed by atoms with E-state index >= 15 is 0 Å². The Morgan fingerprint density at radius 1 is 1.11 bits per heavy atom. The minimum Gasteiger partial charge on any atom is -0.488 e. The van der Waals surface area contributed by atoms with Crippen LogP contribution in [0.5, 0.6) is 5.75 Å². The van der Waals surface area contributed by atoms with Gasteiger partial charge in [0.1, 0.15) is 12.4 Å². The molecule has 1 atom stereocenters. The van der Waals surface area contributed by atoms with Gasteiger partial charge in [-0.1, -0.05) is 35.9 Å². The van der Waals surface area contributed by atoms with E-state index < -0.39 is 0 Å². The molecule has 0 aliphatic heterocycles. The van der Waals surface area contributed by atoms with Crippen molar-refractivity contribution >= 4 is 17.5 Å². The molecule has 0 radical (unpaired) electrons. The van der Waals surface area contributed by atoms with Crippen LogP contribution in [0.1, 0.15) is 27.7 Å². The number of carbonyl (C=O) groups is 1. The van der Waals surface area contributed by atoms with Gasteiger partial charge in [0.2, 0.25) is 0 Å². The van der Waals surface area contributed by atoms with Crippen molar-refractivity contribution in [1.29, 1.82) is 0 Å². The number of benzene rings is 2. The molecule has 28 heavy (non-hydrogen) atoms. The fourth-order valence-electron chi connectivity index (χ4n) is 2.89. The van der Waals surface area contributed by atoms with E-state index in [1.165, 1.54) is 4.90 Å². The molecule has 0 spiro atoms. The maximum atomic E-state index is 12.8. The van der Waals surface area contributed by atoms with Gasteiger partial charge in [0, 0.05) is 5.02 Å². The molecule has 0 fully saturated rings. The first kappa shape index (κ1) is 20.0. The quantitative estimate of drug-likeness (QED) is 0.612. The molecule has 3 aromatic rings. The van der Waals surface area contributed by atoms with Gasteiger partial charge in [-0.2, -0.15) is 0 Å².